The van der Waals surface area contributed by atoms with Crippen LogP contribution in [-0.2, 0) is 23.7 Å². The first kappa shape index (κ1) is 26.3. The van der Waals surface area contributed by atoms with Gasteiger partial charge >= 0.3 is 0 Å². The van der Waals surface area contributed by atoms with Crippen molar-refractivity contribution in [3.05, 3.63) is 65.9 Å². The van der Waals surface area contributed by atoms with E-state index in [0.717, 1.165) is 49.7 Å². The molecule has 208 valence electrons. The Morgan fingerprint density at radius 3 is 2.73 bits per heavy atom. The Balaban J connectivity index is 1.27. The van der Waals surface area contributed by atoms with Crippen molar-refractivity contribution in [2.24, 2.45) is 7.05 Å². The number of nitrogens with one attached hydrogen (secondary N) is 1. The summed E-state index contributed by atoms with van der Waals surface area (Å²) in [6, 6.07) is 8.82. The maximum atomic E-state index is 13.4. The molecule has 0 bridgehead atoms. The first-order valence-electron chi connectivity index (χ1n) is 13.7. The van der Waals surface area contributed by atoms with Crippen LogP contribution in [-0.4, -0.2) is 77.8 Å². The Morgan fingerprint density at radius 1 is 1.18 bits per heavy atom. The molecule has 40 heavy (non-hydrogen) atoms. The Morgan fingerprint density at radius 2 is 2.02 bits per heavy atom. The second-order valence-corrected chi connectivity index (χ2v) is 11.7. The van der Waals surface area contributed by atoms with Crippen LogP contribution in [0.2, 0.25) is 0 Å². The highest BCUT2D eigenvalue weighted by atomic mass is 16.5. The van der Waals surface area contributed by atoms with Crippen LogP contribution >= 0.6 is 0 Å². The summed E-state index contributed by atoms with van der Waals surface area (Å²) in [4.78, 5) is 25.0. The van der Waals surface area contributed by atoms with Crippen molar-refractivity contribution in [1.82, 2.24) is 39.6 Å². The molecular formula is C29H35N9O2. The molecule has 1 fully saturated rings. The molecule has 0 spiro atoms. The number of carbonyl (C=O) groups excluding carboxylic acids is 1. The quantitative estimate of drug-likeness (QED) is 0.351. The van der Waals surface area contributed by atoms with Crippen LogP contribution in [0, 0.1) is 0 Å². The van der Waals surface area contributed by atoms with Crippen LogP contribution in [0.25, 0.3) is 11.3 Å². The topological polar surface area (TPSA) is 116 Å². The number of aryl methyl sites for hydroxylation is 1. The number of carbonyl (C=O) groups is 1. The average molecular weight is 542 g/mol. The summed E-state index contributed by atoms with van der Waals surface area (Å²) in [6.07, 6.45) is 8.43. The molecule has 1 unspecified atom stereocenters. The number of hydrogen-bond donors (Lipinski definition) is 1. The first-order valence-corrected chi connectivity index (χ1v) is 13.7. The predicted octanol–water partition coefficient (Wildman–Crippen LogP) is 3.58. The van der Waals surface area contributed by atoms with E-state index >= 15 is 0 Å². The summed E-state index contributed by atoms with van der Waals surface area (Å²) in [7, 11) is 1.87. The number of hydrogen-bond acceptors (Lipinski definition) is 9. The fourth-order valence-corrected chi connectivity index (χ4v) is 5.30. The third-order valence-corrected chi connectivity index (χ3v) is 7.65. The monoisotopic (exact) mass is 541 g/mol. The first-order chi connectivity index (χ1) is 19.2. The molecule has 1 aromatic carbocycles. The Labute approximate surface area is 233 Å². The second kappa shape index (κ2) is 10.5. The number of aromatic nitrogens is 7. The van der Waals surface area contributed by atoms with E-state index in [0.29, 0.717) is 24.1 Å². The molecule has 2 aliphatic heterocycles. The molecule has 5 heterocycles. The fourth-order valence-electron chi connectivity index (χ4n) is 5.30. The SMILES string of the molecule is Cn1cc(Nc2nccc(-c3ccc4c(c3)CCN(C3COC3)CC4CC(=O)c3cn(C(C)(C)C)nn3)n2)cn1. The highest BCUT2D eigenvalue weighted by Gasteiger charge is 2.33. The lowest BCUT2D eigenvalue weighted by Crippen LogP contribution is -2.50. The molecule has 11 heteroatoms. The average Bonchev–Trinajstić information content (AvgIpc) is 3.51. The van der Waals surface area contributed by atoms with E-state index in [1.807, 2.05) is 40.1 Å². The van der Waals surface area contributed by atoms with Crippen LogP contribution in [0.5, 0.6) is 0 Å². The highest BCUT2D eigenvalue weighted by molar-refractivity contribution is 5.94. The number of ketones is 1. The molecule has 1 N–H and O–H groups in total. The van der Waals surface area contributed by atoms with Gasteiger partial charge in [-0.15, -0.1) is 5.10 Å². The van der Waals surface area contributed by atoms with E-state index in [4.69, 9.17) is 9.72 Å². The van der Waals surface area contributed by atoms with Gasteiger partial charge in [-0.3, -0.25) is 14.4 Å². The molecule has 0 amide bonds. The molecular weight excluding hydrogens is 506 g/mol. The van der Waals surface area contributed by atoms with Crippen molar-refractivity contribution < 1.29 is 9.53 Å². The van der Waals surface area contributed by atoms with Crippen molar-refractivity contribution >= 4 is 17.4 Å². The molecule has 4 aromatic rings. The summed E-state index contributed by atoms with van der Waals surface area (Å²) in [5.41, 5.74) is 5.34. The predicted molar refractivity (Wildman–Crippen MR) is 151 cm³/mol. The number of nitrogens with zero attached hydrogens (tertiary/aromatic N) is 8. The third-order valence-electron chi connectivity index (χ3n) is 7.65. The van der Waals surface area contributed by atoms with Crippen molar-refractivity contribution in [3.63, 3.8) is 0 Å². The van der Waals surface area contributed by atoms with Crippen LogP contribution < -0.4 is 5.32 Å². The summed E-state index contributed by atoms with van der Waals surface area (Å²) < 4.78 is 8.99. The molecule has 1 atom stereocenters. The van der Waals surface area contributed by atoms with Crippen molar-refractivity contribution in [1.29, 1.82) is 0 Å². The summed E-state index contributed by atoms with van der Waals surface area (Å²) in [6.45, 7) is 9.36. The molecule has 1 saturated heterocycles. The summed E-state index contributed by atoms with van der Waals surface area (Å²) >= 11 is 0. The van der Waals surface area contributed by atoms with E-state index < -0.39 is 0 Å². The molecule has 6 rings (SSSR count). The number of rotatable bonds is 7. The van der Waals surface area contributed by atoms with Gasteiger partial charge in [-0.1, -0.05) is 17.3 Å². The van der Waals surface area contributed by atoms with Gasteiger partial charge in [-0.2, -0.15) is 5.10 Å². The van der Waals surface area contributed by atoms with Crippen LogP contribution in [0.1, 0.15) is 54.7 Å². The van der Waals surface area contributed by atoms with Crippen LogP contribution in [0.15, 0.2) is 49.1 Å². The fraction of sp³-hybridized carbons (Fsp3) is 0.448. The maximum absolute atomic E-state index is 13.4. The maximum Gasteiger partial charge on any atom is 0.227 e. The summed E-state index contributed by atoms with van der Waals surface area (Å²) in [5, 5.41) is 15.8. The zero-order valence-corrected chi connectivity index (χ0v) is 23.4. The third kappa shape index (κ3) is 5.52. The number of fused-ring (bicyclic) bond motifs is 1. The van der Waals surface area contributed by atoms with Crippen LogP contribution in [0.3, 0.4) is 0 Å². The minimum atomic E-state index is -0.230. The smallest absolute Gasteiger partial charge is 0.227 e. The van der Waals surface area contributed by atoms with E-state index in [1.165, 1.54) is 11.1 Å². The van der Waals surface area contributed by atoms with Crippen molar-refractivity contribution in [3.8, 4) is 11.3 Å². The van der Waals surface area contributed by atoms with E-state index in [-0.39, 0.29) is 17.2 Å². The minimum absolute atomic E-state index is 0.0177. The molecule has 3 aromatic heterocycles. The van der Waals surface area contributed by atoms with Gasteiger partial charge in [0.15, 0.2) is 5.78 Å². The van der Waals surface area contributed by atoms with Gasteiger partial charge in [0, 0.05) is 50.4 Å². The van der Waals surface area contributed by atoms with E-state index in [2.05, 4.69) is 48.8 Å². The number of Topliss-reactive ketones (excluding diaryl/α,β-unsaturated/α-hetero) is 1. The molecule has 2 aliphatic rings. The second-order valence-electron chi connectivity index (χ2n) is 11.7. The van der Waals surface area contributed by atoms with Gasteiger partial charge in [0.1, 0.15) is 5.69 Å². The van der Waals surface area contributed by atoms with E-state index in [9.17, 15) is 4.79 Å². The van der Waals surface area contributed by atoms with Gasteiger partial charge in [0.25, 0.3) is 0 Å². The summed E-state index contributed by atoms with van der Waals surface area (Å²) in [5.74, 6) is 0.583. The normalized spacial score (nSPS) is 18.1. The lowest BCUT2D eigenvalue weighted by Gasteiger charge is -2.38. The van der Waals surface area contributed by atoms with Gasteiger partial charge < -0.3 is 10.1 Å². The van der Waals surface area contributed by atoms with Gasteiger partial charge in [0.2, 0.25) is 5.95 Å². The lowest BCUT2D eigenvalue weighted by atomic mass is 9.88. The zero-order valence-electron chi connectivity index (χ0n) is 23.4. The Bertz CT molecular complexity index is 1520. The minimum Gasteiger partial charge on any atom is -0.378 e. The molecule has 0 aliphatic carbocycles. The zero-order chi connectivity index (χ0) is 27.9. The highest BCUT2D eigenvalue weighted by Crippen LogP contribution is 2.34. The largest absolute Gasteiger partial charge is 0.378 e. The number of anilines is 2. The molecule has 0 saturated carbocycles. The standard InChI is InChI=1S/C29H35N9O2/c1-29(2,3)38-16-26(34-35-38)27(39)12-21-14-37(23-17-40-18-23)10-8-19-11-20(5-6-24(19)21)25-7-9-30-28(33-25)32-22-13-31-36(4)15-22/h5-7,9,11,13,15-16,21,23H,8,10,12,14,17-18H2,1-4H3,(H,30,32,33). The van der Waals surface area contributed by atoms with E-state index in [1.54, 1.807) is 28.0 Å². The Hall–Kier alpha value is -3.96. The van der Waals surface area contributed by atoms with Gasteiger partial charge in [-0.05, 0) is 50.5 Å². The lowest BCUT2D eigenvalue weighted by molar-refractivity contribution is -0.0653. The van der Waals surface area contributed by atoms with Gasteiger partial charge in [-0.25, -0.2) is 14.6 Å². The van der Waals surface area contributed by atoms with Crippen LogP contribution in [0.4, 0.5) is 11.6 Å². The van der Waals surface area contributed by atoms with Crippen molar-refractivity contribution in [2.45, 2.75) is 51.1 Å². The van der Waals surface area contributed by atoms with Crippen molar-refractivity contribution in [2.75, 3.05) is 31.6 Å². The Kier molecular flexibility index (Phi) is 6.93. The molecule has 0 radical (unpaired) electrons. The molecule has 11 nitrogen and oxygen atoms in total. The van der Waals surface area contributed by atoms with Gasteiger partial charge in [0.05, 0.1) is 48.6 Å². The number of ether oxygens (including phenoxy) is 1. The number of benzene rings is 1.